The van der Waals surface area contributed by atoms with Gasteiger partial charge in [-0.15, -0.1) is 6.58 Å². The third-order valence-corrected chi connectivity index (χ3v) is 2.55. The topological polar surface area (TPSA) is 45.7 Å². The minimum Gasteiger partial charge on any atom is -0.494 e. The Bertz CT molecular complexity index is 429. The molecule has 4 heteroatoms. The van der Waals surface area contributed by atoms with Crippen LogP contribution in [0.25, 0.3) is 0 Å². The molecule has 0 bridgehead atoms. The molecular formula is C16H25N3O. The number of aliphatic imine (C=N–C) groups is 1. The summed E-state index contributed by atoms with van der Waals surface area (Å²) in [6.07, 6.45) is 2.82. The van der Waals surface area contributed by atoms with Crippen molar-refractivity contribution in [3.05, 3.63) is 42.5 Å². The summed E-state index contributed by atoms with van der Waals surface area (Å²) in [7, 11) is 0. The minimum absolute atomic E-state index is 0.621. The standard InChI is InChI=1S/C16H25N3O/c1-4-10-18-16(17-6-3)19-13-14-8-7-9-15(12-14)20-11-5-2/h4,7-9,12H,1,5-6,10-11,13H2,2-3H3,(H2,17,18,19). The van der Waals surface area contributed by atoms with E-state index in [4.69, 9.17) is 4.74 Å². The highest BCUT2D eigenvalue weighted by Crippen LogP contribution is 2.14. The normalized spacial score (nSPS) is 11.0. The molecule has 0 aliphatic heterocycles. The molecular weight excluding hydrogens is 250 g/mol. The molecule has 0 radical (unpaired) electrons. The van der Waals surface area contributed by atoms with E-state index in [0.29, 0.717) is 13.1 Å². The summed E-state index contributed by atoms with van der Waals surface area (Å²) in [5.41, 5.74) is 1.13. The molecule has 0 atom stereocenters. The van der Waals surface area contributed by atoms with Crippen LogP contribution < -0.4 is 15.4 Å². The fourth-order valence-electron chi connectivity index (χ4n) is 1.63. The molecule has 4 nitrogen and oxygen atoms in total. The van der Waals surface area contributed by atoms with E-state index in [0.717, 1.165) is 36.8 Å². The molecule has 0 saturated heterocycles. The molecule has 0 saturated carbocycles. The molecule has 0 aliphatic carbocycles. The summed E-state index contributed by atoms with van der Waals surface area (Å²) in [6.45, 7) is 10.7. The lowest BCUT2D eigenvalue weighted by molar-refractivity contribution is 0.317. The molecule has 0 fully saturated rings. The Morgan fingerprint density at radius 1 is 1.35 bits per heavy atom. The van der Waals surface area contributed by atoms with Crippen LogP contribution in [-0.4, -0.2) is 25.7 Å². The van der Waals surface area contributed by atoms with Gasteiger partial charge in [0, 0.05) is 13.1 Å². The Morgan fingerprint density at radius 3 is 2.90 bits per heavy atom. The van der Waals surface area contributed by atoms with E-state index < -0.39 is 0 Å². The SMILES string of the molecule is C=CCNC(=NCc1cccc(OCCC)c1)NCC. The molecule has 0 aliphatic rings. The summed E-state index contributed by atoms with van der Waals surface area (Å²) < 4.78 is 5.62. The minimum atomic E-state index is 0.621. The van der Waals surface area contributed by atoms with Crippen molar-refractivity contribution in [1.82, 2.24) is 10.6 Å². The monoisotopic (exact) mass is 275 g/mol. The molecule has 1 rings (SSSR count). The van der Waals surface area contributed by atoms with Gasteiger partial charge in [0.15, 0.2) is 5.96 Å². The van der Waals surface area contributed by atoms with Crippen LogP contribution >= 0.6 is 0 Å². The fraction of sp³-hybridized carbons (Fsp3) is 0.438. The highest BCUT2D eigenvalue weighted by molar-refractivity contribution is 5.79. The third-order valence-electron chi connectivity index (χ3n) is 2.55. The summed E-state index contributed by atoms with van der Waals surface area (Å²) in [5, 5.41) is 6.38. The van der Waals surface area contributed by atoms with Crippen LogP contribution in [0.2, 0.25) is 0 Å². The summed E-state index contributed by atoms with van der Waals surface area (Å²) in [6, 6.07) is 8.07. The van der Waals surface area contributed by atoms with Gasteiger partial charge in [0.25, 0.3) is 0 Å². The molecule has 0 aromatic heterocycles. The summed E-state index contributed by atoms with van der Waals surface area (Å²) in [4.78, 5) is 4.53. The maximum atomic E-state index is 5.62. The zero-order valence-electron chi connectivity index (χ0n) is 12.5. The van der Waals surface area contributed by atoms with Crippen LogP contribution in [0.3, 0.4) is 0 Å². The molecule has 110 valence electrons. The van der Waals surface area contributed by atoms with Crippen molar-refractivity contribution in [2.24, 2.45) is 4.99 Å². The van der Waals surface area contributed by atoms with E-state index in [1.165, 1.54) is 0 Å². The molecule has 0 heterocycles. The Hall–Kier alpha value is -1.97. The van der Waals surface area contributed by atoms with E-state index >= 15 is 0 Å². The van der Waals surface area contributed by atoms with Gasteiger partial charge in [-0.05, 0) is 31.0 Å². The first-order valence-corrected chi connectivity index (χ1v) is 7.15. The summed E-state index contributed by atoms with van der Waals surface area (Å²) in [5.74, 6) is 1.70. The molecule has 0 spiro atoms. The number of benzene rings is 1. The zero-order valence-corrected chi connectivity index (χ0v) is 12.5. The van der Waals surface area contributed by atoms with Crippen molar-refractivity contribution in [1.29, 1.82) is 0 Å². The van der Waals surface area contributed by atoms with E-state index in [9.17, 15) is 0 Å². The molecule has 20 heavy (non-hydrogen) atoms. The van der Waals surface area contributed by atoms with Crippen molar-refractivity contribution in [3.63, 3.8) is 0 Å². The highest BCUT2D eigenvalue weighted by Gasteiger charge is 1.98. The van der Waals surface area contributed by atoms with Crippen LogP contribution in [0.4, 0.5) is 0 Å². The second-order valence-corrected chi connectivity index (χ2v) is 4.36. The predicted molar refractivity (Wildman–Crippen MR) is 85.2 cm³/mol. The average Bonchev–Trinajstić information content (AvgIpc) is 2.48. The van der Waals surface area contributed by atoms with Gasteiger partial charge in [-0.25, -0.2) is 4.99 Å². The maximum Gasteiger partial charge on any atom is 0.191 e. The lowest BCUT2D eigenvalue weighted by atomic mass is 10.2. The second kappa shape index (κ2) is 9.89. The maximum absolute atomic E-state index is 5.62. The van der Waals surface area contributed by atoms with Gasteiger partial charge in [0.2, 0.25) is 0 Å². The Kier molecular flexibility index (Phi) is 7.96. The second-order valence-electron chi connectivity index (χ2n) is 4.36. The number of hydrogen-bond acceptors (Lipinski definition) is 2. The zero-order chi connectivity index (χ0) is 14.6. The van der Waals surface area contributed by atoms with Crippen molar-refractivity contribution in [3.8, 4) is 5.75 Å². The first-order chi connectivity index (χ1) is 9.80. The number of ether oxygens (including phenoxy) is 1. The Morgan fingerprint density at radius 2 is 2.20 bits per heavy atom. The van der Waals surface area contributed by atoms with Crippen molar-refractivity contribution in [2.75, 3.05) is 19.7 Å². The predicted octanol–water partition coefficient (Wildman–Crippen LogP) is 2.72. The van der Waals surface area contributed by atoms with E-state index in [2.05, 4.69) is 35.2 Å². The van der Waals surface area contributed by atoms with Crippen LogP contribution in [0.1, 0.15) is 25.8 Å². The molecule has 0 amide bonds. The number of guanidine groups is 1. The number of hydrogen-bond donors (Lipinski definition) is 2. The van der Waals surface area contributed by atoms with E-state index in [-0.39, 0.29) is 0 Å². The number of nitrogens with zero attached hydrogens (tertiary/aromatic N) is 1. The average molecular weight is 275 g/mol. The van der Waals surface area contributed by atoms with Crippen molar-refractivity contribution >= 4 is 5.96 Å². The first-order valence-electron chi connectivity index (χ1n) is 7.15. The lowest BCUT2D eigenvalue weighted by Gasteiger charge is -2.10. The van der Waals surface area contributed by atoms with Crippen LogP contribution in [0, 0.1) is 0 Å². The van der Waals surface area contributed by atoms with Gasteiger partial charge in [-0.1, -0.05) is 25.1 Å². The third kappa shape index (κ3) is 6.27. The van der Waals surface area contributed by atoms with Crippen LogP contribution in [0.5, 0.6) is 5.75 Å². The largest absolute Gasteiger partial charge is 0.494 e. The van der Waals surface area contributed by atoms with Crippen molar-refractivity contribution < 1.29 is 4.74 Å². The molecule has 1 aromatic rings. The van der Waals surface area contributed by atoms with Crippen molar-refractivity contribution in [2.45, 2.75) is 26.8 Å². The van der Waals surface area contributed by atoms with Gasteiger partial charge in [-0.2, -0.15) is 0 Å². The number of nitrogens with one attached hydrogen (secondary N) is 2. The Labute approximate surface area is 121 Å². The first kappa shape index (κ1) is 16.1. The molecule has 1 aromatic carbocycles. The highest BCUT2D eigenvalue weighted by atomic mass is 16.5. The summed E-state index contributed by atoms with van der Waals surface area (Å²) >= 11 is 0. The molecule has 0 unspecified atom stereocenters. The quantitative estimate of drug-likeness (QED) is 0.435. The Balaban J connectivity index is 2.62. The van der Waals surface area contributed by atoms with Crippen LogP contribution in [-0.2, 0) is 6.54 Å². The lowest BCUT2D eigenvalue weighted by Crippen LogP contribution is -2.37. The van der Waals surface area contributed by atoms with E-state index in [1.807, 2.05) is 31.2 Å². The molecule has 2 N–H and O–H groups in total. The van der Waals surface area contributed by atoms with Gasteiger partial charge >= 0.3 is 0 Å². The van der Waals surface area contributed by atoms with Gasteiger partial charge in [0.05, 0.1) is 13.2 Å². The number of rotatable bonds is 8. The van der Waals surface area contributed by atoms with Gasteiger partial charge < -0.3 is 15.4 Å². The van der Waals surface area contributed by atoms with Crippen LogP contribution in [0.15, 0.2) is 41.9 Å². The van der Waals surface area contributed by atoms with Gasteiger partial charge in [0.1, 0.15) is 5.75 Å². The smallest absolute Gasteiger partial charge is 0.191 e. The fourth-order valence-corrected chi connectivity index (χ4v) is 1.63. The van der Waals surface area contributed by atoms with Gasteiger partial charge in [-0.3, -0.25) is 0 Å². The van der Waals surface area contributed by atoms with E-state index in [1.54, 1.807) is 0 Å².